The highest BCUT2D eigenvalue weighted by Crippen LogP contribution is 2.19. The molecule has 0 spiro atoms. The van der Waals surface area contributed by atoms with Crippen molar-refractivity contribution >= 4 is 17.7 Å². The highest BCUT2D eigenvalue weighted by atomic mass is 32.2. The van der Waals surface area contributed by atoms with Crippen molar-refractivity contribution in [2.45, 2.75) is 31.3 Å². The number of rotatable bonds is 9. The van der Waals surface area contributed by atoms with Gasteiger partial charge in [-0.1, -0.05) is 37.3 Å². The number of carbonyl (C=O) groups is 1. The Kier molecular flexibility index (Phi) is 7.31. The van der Waals surface area contributed by atoms with Gasteiger partial charge in [-0.15, -0.1) is 11.8 Å². The fourth-order valence-corrected chi connectivity index (χ4v) is 3.91. The van der Waals surface area contributed by atoms with Crippen molar-refractivity contribution in [3.63, 3.8) is 0 Å². The third kappa shape index (κ3) is 5.73. The maximum atomic E-state index is 13.5. The molecule has 0 bridgehead atoms. The van der Waals surface area contributed by atoms with Crippen LogP contribution in [0.3, 0.4) is 0 Å². The van der Waals surface area contributed by atoms with Crippen LogP contribution < -0.4 is 0 Å². The van der Waals surface area contributed by atoms with Gasteiger partial charge in [0.2, 0.25) is 5.91 Å². The fourth-order valence-electron chi connectivity index (χ4n) is 3.09. The van der Waals surface area contributed by atoms with Gasteiger partial charge in [0, 0.05) is 29.9 Å². The first-order valence-electron chi connectivity index (χ1n) is 9.50. The summed E-state index contributed by atoms with van der Waals surface area (Å²) < 4.78 is 15.6. The highest BCUT2D eigenvalue weighted by Gasteiger charge is 2.15. The lowest BCUT2D eigenvalue weighted by Crippen LogP contribution is -2.33. The van der Waals surface area contributed by atoms with Gasteiger partial charge in [-0.3, -0.25) is 4.79 Å². The Labute approximate surface area is 170 Å². The van der Waals surface area contributed by atoms with E-state index in [9.17, 15) is 9.18 Å². The molecule has 0 atom stereocenters. The average Bonchev–Trinajstić information content (AvgIpc) is 3.13. The van der Waals surface area contributed by atoms with E-state index in [1.54, 1.807) is 23.9 Å². The van der Waals surface area contributed by atoms with E-state index in [4.69, 9.17) is 0 Å². The summed E-state index contributed by atoms with van der Waals surface area (Å²) in [5.41, 5.74) is 1.96. The number of benzene rings is 2. The Morgan fingerprint density at radius 1 is 1.07 bits per heavy atom. The van der Waals surface area contributed by atoms with Crippen LogP contribution in [0.2, 0.25) is 0 Å². The molecule has 1 aromatic heterocycles. The zero-order chi connectivity index (χ0) is 19.8. The average molecular weight is 397 g/mol. The SMILES string of the molecule is CCCN(Cc1cccn1Cc1cccc(F)c1)C(=O)CSc1ccccc1. The van der Waals surface area contributed by atoms with Gasteiger partial charge in [0.15, 0.2) is 0 Å². The minimum absolute atomic E-state index is 0.134. The molecule has 146 valence electrons. The zero-order valence-electron chi connectivity index (χ0n) is 16.1. The van der Waals surface area contributed by atoms with Crippen molar-refractivity contribution in [3.8, 4) is 0 Å². The van der Waals surface area contributed by atoms with Crippen molar-refractivity contribution in [1.29, 1.82) is 0 Å². The van der Waals surface area contributed by atoms with E-state index >= 15 is 0 Å². The highest BCUT2D eigenvalue weighted by molar-refractivity contribution is 8.00. The predicted molar refractivity (Wildman–Crippen MR) is 113 cm³/mol. The normalized spacial score (nSPS) is 10.8. The molecule has 0 saturated carbocycles. The summed E-state index contributed by atoms with van der Waals surface area (Å²) in [6.45, 7) is 3.95. The predicted octanol–water partition coefficient (Wildman–Crippen LogP) is 5.21. The van der Waals surface area contributed by atoms with E-state index in [2.05, 4.69) is 11.5 Å². The van der Waals surface area contributed by atoms with Crippen LogP contribution >= 0.6 is 11.8 Å². The van der Waals surface area contributed by atoms with Crippen LogP contribution in [-0.2, 0) is 17.9 Å². The van der Waals surface area contributed by atoms with Gasteiger partial charge in [0.1, 0.15) is 5.82 Å². The second-order valence-electron chi connectivity index (χ2n) is 6.67. The Hall–Kier alpha value is -2.53. The second-order valence-corrected chi connectivity index (χ2v) is 7.72. The van der Waals surface area contributed by atoms with E-state index in [-0.39, 0.29) is 11.7 Å². The van der Waals surface area contributed by atoms with Gasteiger partial charge in [0.25, 0.3) is 0 Å². The summed E-state index contributed by atoms with van der Waals surface area (Å²) in [5.74, 6) is 0.329. The third-order valence-electron chi connectivity index (χ3n) is 4.47. The first kappa shape index (κ1) is 20.2. The molecule has 3 nitrogen and oxygen atoms in total. The molecule has 0 N–H and O–H groups in total. The van der Waals surface area contributed by atoms with Crippen LogP contribution in [-0.4, -0.2) is 27.7 Å². The molecule has 0 aliphatic rings. The van der Waals surface area contributed by atoms with Crippen LogP contribution in [0.25, 0.3) is 0 Å². The number of hydrogen-bond donors (Lipinski definition) is 0. The van der Waals surface area contributed by atoms with Gasteiger partial charge < -0.3 is 9.47 Å². The minimum Gasteiger partial charge on any atom is -0.345 e. The summed E-state index contributed by atoms with van der Waals surface area (Å²) in [4.78, 5) is 15.8. The first-order chi connectivity index (χ1) is 13.7. The molecule has 28 heavy (non-hydrogen) atoms. The number of amides is 1. The molecule has 1 heterocycles. The summed E-state index contributed by atoms with van der Waals surface area (Å²) in [5, 5.41) is 0. The summed E-state index contributed by atoms with van der Waals surface area (Å²) >= 11 is 1.56. The van der Waals surface area contributed by atoms with Crippen molar-refractivity contribution in [3.05, 3.63) is 90.0 Å². The Morgan fingerprint density at radius 2 is 1.89 bits per heavy atom. The lowest BCUT2D eigenvalue weighted by molar-refractivity contribution is -0.129. The Balaban J connectivity index is 1.65. The number of thioether (sulfide) groups is 1. The quantitative estimate of drug-likeness (QED) is 0.464. The van der Waals surface area contributed by atoms with Gasteiger partial charge in [0.05, 0.1) is 12.3 Å². The number of aromatic nitrogens is 1. The molecular weight excluding hydrogens is 371 g/mol. The smallest absolute Gasteiger partial charge is 0.233 e. The molecule has 3 aromatic rings. The van der Waals surface area contributed by atoms with Crippen molar-refractivity contribution < 1.29 is 9.18 Å². The molecule has 0 radical (unpaired) electrons. The van der Waals surface area contributed by atoms with E-state index in [1.165, 1.54) is 6.07 Å². The third-order valence-corrected chi connectivity index (χ3v) is 5.47. The van der Waals surface area contributed by atoms with Gasteiger partial charge >= 0.3 is 0 Å². The molecule has 1 amide bonds. The Morgan fingerprint density at radius 3 is 2.64 bits per heavy atom. The van der Waals surface area contributed by atoms with Crippen molar-refractivity contribution in [2.75, 3.05) is 12.3 Å². The summed E-state index contributed by atoms with van der Waals surface area (Å²) in [6, 6.07) is 20.6. The molecule has 0 fully saturated rings. The largest absolute Gasteiger partial charge is 0.345 e. The topological polar surface area (TPSA) is 25.2 Å². The van der Waals surface area contributed by atoms with Gasteiger partial charge in [-0.2, -0.15) is 0 Å². The summed E-state index contributed by atoms with van der Waals surface area (Å²) in [6.07, 6.45) is 2.89. The Bertz CT molecular complexity index is 894. The molecule has 0 aliphatic carbocycles. The minimum atomic E-state index is -0.230. The van der Waals surface area contributed by atoms with Crippen molar-refractivity contribution in [2.24, 2.45) is 0 Å². The molecule has 0 aliphatic heterocycles. The van der Waals surface area contributed by atoms with E-state index in [0.29, 0.717) is 18.8 Å². The lowest BCUT2D eigenvalue weighted by atomic mass is 10.2. The standard InChI is InChI=1S/C23H25FN2OS/c1-2-13-26(23(27)18-28-22-11-4-3-5-12-22)17-21-10-7-14-25(21)16-19-8-6-9-20(24)15-19/h3-12,14-15H,2,13,16-18H2,1H3. The molecule has 3 rings (SSSR count). The van der Waals surface area contributed by atoms with Crippen molar-refractivity contribution in [1.82, 2.24) is 9.47 Å². The molecule has 2 aromatic carbocycles. The fraction of sp³-hybridized carbons (Fsp3) is 0.261. The molecule has 5 heteroatoms. The van der Waals surface area contributed by atoms with Crippen LogP contribution in [0.15, 0.2) is 77.8 Å². The van der Waals surface area contributed by atoms with E-state index < -0.39 is 0 Å². The number of carbonyl (C=O) groups excluding carboxylic acids is 1. The molecule has 0 unspecified atom stereocenters. The monoisotopic (exact) mass is 396 g/mol. The first-order valence-corrected chi connectivity index (χ1v) is 10.5. The number of hydrogen-bond acceptors (Lipinski definition) is 2. The lowest BCUT2D eigenvalue weighted by Gasteiger charge is -2.23. The second kappa shape index (κ2) is 10.1. The van der Waals surface area contributed by atoms with Crippen LogP contribution in [0.4, 0.5) is 4.39 Å². The van der Waals surface area contributed by atoms with E-state index in [0.717, 1.165) is 29.1 Å². The van der Waals surface area contributed by atoms with Crippen LogP contribution in [0, 0.1) is 5.82 Å². The van der Waals surface area contributed by atoms with Crippen LogP contribution in [0.5, 0.6) is 0 Å². The molecule has 0 saturated heterocycles. The maximum absolute atomic E-state index is 13.5. The van der Waals surface area contributed by atoms with Gasteiger partial charge in [-0.25, -0.2) is 4.39 Å². The maximum Gasteiger partial charge on any atom is 0.233 e. The van der Waals surface area contributed by atoms with Crippen LogP contribution in [0.1, 0.15) is 24.6 Å². The van der Waals surface area contributed by atoms with E-state index in [1.807, 2.05) is 59.6 Å². The number of halogens is 1. The molecular formula is C23H25FN2OS. The zero-order valence-corrected chi connectivity index (χ0v) is 16.9. The van der Waals surface area contributed by atoms with Gasteiger partial charge in [-0.05, 0) is 48.4 Å². The number of nitrogens with zero attached hydrogens (tertiary/aromatic N) is 2. The summed E-state index contributed by atoms with van der Waals surface area (Å²) in [7, 11) is 0.